The zero-order chi connectivity index (χ0) is 29.0. The molecule has 9 rings (SSSR count). The van der Waals surface area contributed by atoms with Crippen LogP contribution in [-0.4, -0.2) is 26.2 Å². The molecule has 1 aliphatic heterocycles. The second-order valence-electron chi connectivity index (χ2n) is 11.8. The van der Waals surface area contributed by atoms with E-state index in [4.69, 9.17) is 15.0 Å². The molecule has 0 saturated heterocycles. The highest BCUT2D eigenvalue weighted by Gasteiger charge is 2.37. The molecular formula is C39H29BN4. The molecule has 3 heterocycles. The highest BCUT2D eigenvalue weighted by Crippen LogP contribution is 2.40. The smallest absolute Gasteiger partial charge is 0.242 e. The molecule has 44 heavy (non-hydrogen) atoms. The van der Waals surface area contributed by atoms with Crippen LogP contribution in [0, 0.1) is 0 Å². The van der Waals surface area contributed by atoms with Crippen LogP contribution >= 0.6 is 0 Å². The first kappa shape index (κ1) is 25.2. The van der Waals surface area contributed by atoms with Crippen LogP contribution in [0.1, 0.15) is 24.1 Å². The maximum Gasteiger partial charge on any atom is 0.242 e. The first-order chi connectivity index (χ1) is 21.8. The highest BCUT2D eigenvalue weighted by molar-refractivity contribution is 6.99. The molecule has 208 valence electrons. The van der Waals surface area contributed by atoms with E-state index in [1.807, 2.05) is 36.4 Å². The number of fused-ring (bicyclic) bond motifs is 7. The van der Waals surface area contributed by atoms with Gasteiger partial charge in [-0.3, -0.25) is 4.57 Å². The van der Waals surface area contributed by atoms with Crippen molar-refractivity contribution in [2.24, 2.45) is 0 Å². The Hall–Kier alpha value is -5.29. The molecule has 4 nitrogen and oxygen atoms in total. The van der Waals surface area contributed by atoms with Gasteiger partial charge in [0.05, 0.1) is 5.52 Å². The minimum atomic E-state index is 0.185. The lowest BCUT2D eigenvalue weighted by molar-refractivity contribution is 0.661. The number of benzene rings is 5. The zero-order valence-corrected chi connectivity index (χ0v) is 24.3. The van der Waals surface area contributed by atoms with Gasteiger partial charge in [0.2, 0.25) is 12.7 Å². The molecule has 0 saturated carbocycles. The molecule has 7 aromatic rings. The summed E-state index contributed by atoms with van der Waals surface area (Å²) in [5.41, 5.74) is 12.6. The van der Waals surface area contributed by atoms with Crippen LogP contribution in [0.15, 0.2) is 127 Å². The third-order valence-electron chi connectivity index (χ3n) is 9.34. The van der Waals surface area contributed by atoms with E-state index in [-0.39, 0.29) is 6.71 Å². The van der Waals surface area contributed by atoms with E-state index in [2.05, 4.69) is 95.6 Å². The number of nitrogens with zero attached hydrogens (tertiary/aromatic N) is 4. The second-order valence-corrected chi connectivity index (χ2v) is 11.8. The van der Waals surface area contributed by atoms with Crippen molar-refractivity contribution >= 4 is 34.0 Å². The predicted octanol–water partition coefficient (Wildman–Crippen LogP) is 6.52. The van der Waals surface area contributed by atoms with E-state index >= 15 is 0 Å². The quantitative estimate of drug-likeness (QED) is 0.229. The van der Waals surface area contributed by atoms with Gasteiger partial charge in [-0.1, -0.05) is 144 Å². The van der Waals surface area contributed by atoms with Crippen LogP contribution in [0.3, 0.4) is 0 Å². The van der Waals surface area contributed by atoms with Crippen molar-refractivity contribution in [2.45, 2.75) is 25.7 Å². The second kappa shape index (κ2) is 10.2. The van der Waals surface area contributed by atoms with Crippen molar-refractivity contribution in [3.63, 3.8) is 0 Å². The van der Waals surface area contributed by atoms with Crippen molar-refractivity contribution in [1.82, 2.24) is 19.5 Å². The maximum absolute atomic E-state index is 5.23. The van der Waals surface area contributed by atoms with Crippen molar-refractivity contribution < 1.29 is 0 Å². The van der Waals surface area contributed by atoms with Crippen molar-refractivity contribution in [2.75, 3.05) is 0 Å². The van der Waals surface area contributed by atoms with Crippen LogP contribution in [0.25, 0.3) is 50.8 Å². The van der Waals surface area contributed by atoms with E-state index in [1.165, 1.54) is 56.1 Å². The topological polar surface area (TPSA) is 43.6 Å². The van der Waals surface area contributed by atoms with Gasteiger partial charge in [0.15, 0.2) is 11.6 Å². The van der Waals surface area contributed by atoms with Gasteiger partial charge < -0.3 is 0 Å². The van der Waals surface area contributed by atoms with E-state index in [9.17, 15) is 0 Å². The van der Waals surface area contributed by atoms with Crippen LogP contribution in [0.4, 0.5) is 0 Å². The molecule has 2 aromatic heterocycles. The van der Waals surface area contributed by atoms with Gasteiger partial charge in [-0.25, -0.2) is 4.98 Å². The molecule has 1 aliphatic carbocycles. The first-order valence-corrected chi connectivity index (χ1v) is 15.6. The number of rotatable bonds is 4. The lowest BCUT2D eigenvalue weighted by Gasteiger charge is -2.17. The molecule has 2 aliphatic rings. The monoisotopic (exact) mass is 564 g/mol. The van der Waals surface area contributed by atoms with Crippen molar-refractivity contribution in [1.29, 1.82) is 0 Å². The van der Waals surface area contributed by atoms with Gasteiger partial charge in [0.25, 0.3) is 0 Å². The fourth-order valence-corrected chi connectivity index (χ4v) is 7.43. The molecule has 0 atom stereocenters. The summed E-state index contributed by atoms with van der Waals surface area (Å²) in [6.45, 7) is 0.185. The van der Waals surface area contributed by atoms with Gasteiger partial charge in [-0.05, 0) is 36.8 Å². The van der Waals surface area contributed by atoms with Crippen molar-refractivity contribution in [3.8, 4) is 39.9 Å². The Kier molecular flexibility index (Phi) is 5.83. The minimum absolute atomic E-state index is 0.185. The third kappa shape index (κ3) is 3.89. The van der Waals surface area contributed by atoms with Gasteiger partial charge >= 0.3 is 0 Å². The molecule has 5 aromatic carbocycles. The summed E-state index contributed by atoms with van der Waals surface area (Å²) < 4.78 is 2.40. The van der Waals surface area contributed by atoms with Gasteiger partial charge in [-0.15, -0.1) is 0 Å². The summed E-state index contributed by atoms with van der Waals surface area (Å²) in [6.07, 6.45) is 4.45. The predicted molar refractivity (Wildman–Crippen MR) is 181 cm³/mol. The molecular weight excluding hydrogens is 535 g/mol. The highest BCUT2D eigenvalue weighted by atomic mass is 15.2. The molecule has 0 radical (unpaired) electrons. The van der Waals surface area contributed by atoms with Crippen LogP contribution in [0.2, 0.25) is 0 Å². The first-order valence-electron chi connectivity index (χ1n) is 15.6. The average Bonchev–Trinajstić information content (AvgIpc) is 3.62. The number of aryl methyl sites for hydroxylation is 1. The molecule has 5 heteroatoms. The van der Waals surface area contributed by atoms with Crippen LogP contribution in [-0.2, 0) is 12.8 Å². The number of hydrogen-bond acceptors (Lipinski definition) is 3. The van der Waals surface area contributed by atoms with Gasteiger partial charge in [0, 0.05) is 27.8 Å². The summed E-state index contributed by atoms with van der Waals surface area (Å²) in [6, 6.07) is 45.2. The fourth-order valence-electron chi connectivity index (χ4n) is 7.43. The maximum atomic E-state index is 5.23. The molecule has 0 amide bonds. The fraction of sp³-hybridized carbons (Fsp3) is 0.103. The zero-order valence-electron chi connectivity index (χ0n) is 24.3. The SMILES string of the molecule is c1ccc(B2c3ccccc3-c3c2ccc2c4c(n(-c5nc(-c6ccccc6)nc(-c6ccccc6)n5)c32)CCCC4)cc1. The molecule has 0 spiro atoms. The molecule has 0 bridgehead atoms. The Morgan fingerprint density at radius 2 is 1.16 bits per heavy atom. The van der Waals surface area contributed by atoms with E-state index in [0.29, 0.717) is 17.6 Å². The Morgan fingerprint density at radius 1 is 0.545 bits per heavy atom. The molecule has 0 N–H and O–H groups in total. The average molecular weight is 565 g/mol. The Morgan fingerprint density at radius 3 is 1.86 bits per heavy atom. The van der Waals surface area contributed by atoms with Gasteiger partial charge in [0.1, 0.15) is 0 Å². The summed E-state index contributed by atoms with van der Waals surface area (Å²) in [7, 11) is 0. The largest absolute Gasteiger partial charge is 0.281 e. The van der Waals surface area contributed by atoms with Gasteiger partial charge in [-0.2, -0.15) is 9.97 Å². The summed E-state index contributed by atoms with van der Waals surface area (Å²) >= 11 is 0. The Balaban J connectivity index is 1.38. The summed E-state index contributed by atoms with van der Waals surface area (Å²) in [5.74, 6) is 2.08. The number of aromatic nitrogens is 4. The normalized spacial score (nSPS) is 13.5. The Labute approximate surface area is 257 Å². The lowest BCUT2D eigenvalue weighted by Crippen LogP contribution is -2.48. The lowest BCUT2D eigenvalue weighted by atomic mass is 9.39. The van der Waals surface area contributed by atoms with E-state index in [0.717, 1.165) is 30.4 Å². The molecule has 0 fully saturated rings. The van der Waals surface area contributed by atoms with Crippen LogP contribution in [0.5, 0.6) is 0 Å². The number of hydrogen-bond donors (Lipinski definition) is 0. The van der Waals surface area contributed by atoms with Crippen molar-refractivity contribution in [3.05, 3.63) is 139 Å². The van der Waals surface area contributed by atoms with Crippen LogP contribution < -0.4 is 16.4 Å². The van der Waals surface area contributed by atoms with E-state index < -0.39 is 0 Å². The summed E-state index contributed by atoms with van der Waals surface area (Å²) in [5, 5.41) is 1.32. The van der Waals surface area contributed by atoms with E-state index in [1.54, 1.807) is 0 Å². The standard InChI is InChI=1S/C39H29BN4/c1-4-14-26(15-5-1)37-41-38(27-16-6-2-7-17-27)43-39(42-37)44-34-23-13-11-20-29(34)30-24-25-33-35(36(30)44)31-21-10-12-22-32(31)40(33)28-18-8-3-9-19-28/h1-10,12,14-19,21-22,24-25H,11,13,20,23H2. The minimum Gasteiger partial charge on any atom is -0.281 e. The molecule has 0 unspecified atom stereocenters. The Bertz CT molecular complexity index is 2110. The third-order valence-corrected chi connectivity index (χ3v) is 9.34. The summed E-state index contributed by atoms with van der Waals surface area (Å²) in [4.78, 5) is 15.5.